The largest absolute Gasteiger partial charge is 0.382 e. The fraction of sp³-hybridized carbons (Fsp3) is 0.333. The second kappa shape index (κ2) is 5.76. The molecule has 1 saturated carbocycles. The molecule has 0 aromatic heterocycles. The Morgan fingerprint density at radius 3 is 2.29 bits per heavy atom. The summed E-state index contributed by atoms with van der Waals surface area (Å²) in [5.74, 6) is 0.279. The van der Waals surface area contributed by atoms with Gasteiger partial charge in [0, 0.05) is 31.5 Å². The maximum Gasteiger partial charge on any atom is 0.126 e. The van der Waals surface area contributed by atoms with Gasteiger partial charge < -0.3 is 10.2 Å². The van der Waals surface area contributed by atoms with Crippen LogP contribution in [0.1, 0.15) is 24.3 Å². The summed E-state index contributed by atoms with van der Waals surface area (Å²) < 4.78 is 13.7. The molecule has 0 heterocycles. The first-order valence-electron chi connectivity index (χ1n) is 7.42. The summed E-state index contributed by atoms with van der Waals surface area (Å²) in [6.07, 6.45) is 1.99. The minimum absolute atomic E-state index is 0.0729. The number of anilines is 2. The van der Waals surface area contributed by atoms with E-state index in [-0.39, 0.29) is 5.82 Å². The Labute approximate surface area is 125 Å². The number of nitrogens with zero attached hydrogens (tertiary/aromatic N) is 1. The van der Waals surface area contributed by atoms with Gasteiger partial charge in [-0.15, -0.1) is 0 Å². The van der Waals surface area contributed by atoms with Crippen LogP contribution in [0.15, 0.2) is 48.5 Å². The molecule has 0 unspecified atom stereocenters. The molecule has 1 N–H and O–H groups in total. The second-order valence-corrected chi connectivity index (χ2v) is 5.97. The zero-order chi connectivity index (χ0) is 14.8. The molecule has 0 spiro atoms. The van der Waals surface area contributed by atoms with Gasteiger partial charge in [0.15, 0.2) is 0 Å². The Morgan fingerprint density at radius 2 is 1.67 bits per heavy atom. The third kappa shape index (κ3) is 3.02. The SMILES string of the molecule is CN(C)c1ccc(NC2CC(c3ccccc3F)C2)cc1. The number of nitrogens with one attached hydrogen (secondary N) is 1. The van der Waals surface area contributed by atoms with Crippen LogP contribution in [0.2, 0.25) is 0 Å². The Bertz CT molecular complexity index is 601. The van der Waals surface area contributed by atoms with E-state index in [1.165, 1.54) is 5.69 Å². The second-order valence-electron chi connectivity index (χ2n) is 5.97. The van der Waals surface area contributed by atoms with Crippen LogP contribution in [0.5, 0.6) is 0 Å². The zero-order valence-electron chi connectivity index (χ0n) is 12.5. The first kappa shape index (κ1) is 13.9. The number of hydrogen-bond donors (Lipinski definition) is 1. The lowest BCUT2D eigenvalue weighted by Crippen LogP contribution is -2.34. The van der Waals surface area contributed by atoms with Crippen molar-refractivity contribution in [2.75, 3.05) is 24.3 Å². The van der Waals surface area contributed by atoms with Crippen LogP contribution in [0, 0.1) is 5.82 Å². The highest BCUT2D eigenvalue weighted by Gasteiger charge is 2.31. The van der Waals surface area contributed by atoms with E-state index in [9.17, 15) is 4.39 Å². The van der Waals surface area contributed by atoms with Gasteiger partial charge >= 0.3 is 0 Å². The van der Waals surface area contributed by atoms with Gasteiger partial charge in [0.25, 0.3) is 0 Å². The molecule has 110 valence electrons. The molecule has 0 bridgehead atoms. The molecule has 1 aliphatic carbocycles. The molecule has 0 saturated heterocycles. The zero-order valence-corrected chi connectivity index (χ0v) is 12.5. The van der Waals surface area contributed by atoms with E-state index in [0.717, 1.165) is 24.1 Å². The molecule has 2 aromatic rings. The quantitative estimate of drug-likeness (QED) is 0.903. The average molecular weight is 284 g/mol. The van der Waals surface area contributed by atoms with Gasteiger partial charge in [0.05, 0.1) is 0 Å². The Balaban J connectivity index is 1.56. The van der Waals surface area contributed by atoms with Gasteiger partial charge in [0.1, 0.15) is 5.82 Å². The van der Waals surface area contributed by atoms with Crippen LogP contribution >= 0.6 is 0 Å². The summed E-state index contributed by atoms with van der Waals surface area (Å²) in [5.41, 5.74) is 3.19. The number of halogens is 1. The van der Waals surface area contributed by atoms with E-state index < -0.39 is 0 Å². The molecule has 0 atom stereocenters. The molecule has 21 heavy (non-hydrogen) atoms. The van der Waals surface area contributed by atoms with Crippen molar-refractivity contribution >= 4 is 11.4 Å². The van der Waals surface area contributed by atoms with Crippen LogP contribution in [0.3, 0.4) is 0 Å². The standard InChI is InChI=1S/C18H21FN2/c1-21(2)16-9-7-14(8-10-16)20-15-11-13(12-15)17-5-3-4-6-18(17)19/h3-10,13,15,20H,11-12H2,1-2H3. The lowest BCUT2D eigenvalue weighted by molar-refractivity contribution is 0.363. The van der Waals surface area contributed by atoms with Crippen molar-refractivity contribution in [2.24, 2.45) is 0 Å². The molecule has 3 rings (SSSR count). The average Bonchev–Trinajstić information content (AvgIpc) is 2.44. The summed E-state index contributed by atoms with van der Waals surface area (Å²) in [5, 5.41) is 3.52. The van der Waals surface area contributed by atoms with Gasteiger partial charge in [-0.3, -0.25) is 0 Å². The van der Waals surface area contributed by atoms with Gasteiger partial charge in [-0.2, -0.15) is 0 Å². The van der Waals surface area contributed by atoms with Crippen molar-refractivity contribution in [1.29, 1.82) is 0 Å². The van der Waals surface area contributed by atoms with E-state index in [0.29, 0.717) is 12.0 Å². The maximum absolute atomic E-state index is 13.7. The van der Waals surface area contributed by atoms with Crippen LogP contribution in [0.4, 0.5) is 15.8 Å². The summed E-state index contributed by atoms with van der Waals surface area (Å²) in [6, 6.07) is 16.0. The third-order valence-electron chi connectivity index (χ3n) is 4.24. The third-order valence-corrected chi connectivity index (χ3v) is 4.24. The lowest BCUT2D eigenvalue weighted by atomic mass is 9.75. The highest BCUT2D eigenvalue weighted by molar-refractivity contribution is 5.55. The monoisotopic (exact) mass is 284 g/mol. The first-order chi connectivity index (χ1) is 10.1. The van der Waals surface area contributed by atoms with Crippen molar-refractivity contribution in [2.45, 2.75) is 24.8 Å². The van der Waals surface area contributed by atoms with E-state index in [1.54, 1.807) is 12.1 Å². The van der Waals surface area contributed by atoms with Gasteiger partial charge in [-0.05, 0) is 54.7 Å². The predicted octanol–water partition coefficient (Wildman–Crippen LogP) is 4.25. The summed E-state index contributed by atoms with van der Waals surface area (Å²) >= 11 is 0. The van der Waals surface area contributed by atoms with Crippen LogP contribution in [0.25, 0.3) is 0 Å². The van der Waals surface area contributed by atoms with Gasteiger partial charge in [-0.1, -0.05) is 18.2 Å². The molecule has 1 fully saturated rings. The molecule has 0 radical (unpaired) electrons. The van der Waals surface area contributed by atoms with E-state index >= 15 is 0 Å². The van der Waals surface area contributed by atoms with Gasteiger partial charge in [0.2, 0.25) is 0 Å². The van der Waals surface area contributed by atoms with E-state index in [1.807, 2.05) is 26.2 Å². The fourth-order valence-corrected chi connectivity index (χ4v) is 2.89. The van der Waals surface area contributed by atoms with Crippen molar-refractivity contribution in [3.8, 4) is 0 Å². The van der Waals surface area contributed by atoms with E-state index in [2.05, 4.69) is 34.5 Å². The smallest absolute Gasteiger partial charge is 0.126 e. The molecule has 0 aliphatic heterocycles. The minimum atomic E-state index is -0.0729. The maximum atomic E-state index is 13.7. The van der Waals surface area contributed by atoms with Crippen LogP contribution in [-0.2, 0) is 0 Å². The molecule has 0 amide bonds. The summed E-state index contributed by atoms with van der Waals surface area (Å²) in [4.78, 5) is 2.08. The van der Waals surface area contributed by atoms with Gasteiger partial charge in [-0.25, -0.2) is 4.39 Å². The molecule has 3 heteroatoms. The Morgan fingerprint density at radius 1 is 1.00 bits per heavy atom. The highest BCUT2D eigenvalue weighted by atomic mass is 19.1. The van der Waals surface area contributed by atoms with Crippen molar-refractivity contribution < 1.29 is 4.39 Å². The van der Waals surface area contributed by atoms with Crippen molar-refractivity contribution in [1.82, 2.24) is 0 Å². The molecular weight excluding hydrogens is 263 g/mol. The van der Waals surface area contributed by atoms with Crippen LogP contribution < -0.4 is 10.2 Å². The molecule has 2 nitrogen and oxygen atoms in total. The summed E-state index contributed by atoms with van der Waals surface area (Å²) in [6.45, 7) is 0. The lowest BCUT2D eigenvalue weighted by Gasteiger charge is -2.37. The first-order valence-corrected chi connectivity index (χ1v) is 7.42. The Hall–Kier alpha value is -2.03. The topological polar surface area (TPSA) is 15.3 Å². The minimum Gasteiger partial charge on any atom is -0.382 e. The van der Waals surface area contributed by atoms with Crippen molar-refractivity contribution in [3.05, 3.63) is 59.9 Å². The number of rotatable bonds is 4. The highest BCUT2D eigenvalue weighted by Crippen LogP contribution is 2.39. The Kier molecular flexibility index (Phi) is 3.82. The fourth-order valence-electron chi connectivity index (χ4n) is 2.89. The van der Waals surface area contributed by atoms with Crippen LogP contribution in [-0.4, -0.2) is 20.1 Å². The normalized spacial score (nSPS) is 20.7. The predicted molar refractivity (Wildman–Crippen MR) is 86.6 cm³/mol. The number of hydrogen-bond acceptors (Lipinski definition) is 2. The summed E-state index contributed by atoms with van der Waals surface area (Å²) in [7, 11) is 4.07. The molecule has 2 aromatic carbocycles. The van der Waals surface area contributed by atoms with E-state index in [4.69, 9.17) is 0 Å². The molecule has 1 aliphatic rings. The van der Waals surface area contributed by atoms with Crippen molar-refractivity contribution in [3.63, 3.8) is 0 Å². The molecular formula is C18H21FN2. The number of benzene rings is 2.